The molecule has 29 heavy (non-hydrogen) atoms. The summed E-state index contributed by atoms with van der Waals surface area (Å²) in [4.78, 5) is 16.8. The zero-order valence-corrected chi connectivity index (χ0v) is 19.0. The third kappa shape index (κ3) is 4.18. The second-order valence-electron chi connectivity index (χ2n) is 8.23. The van der Waals surface area contributed by atoms with Gasteiger partial charge in [-0.1, -0.05) is 32.4 Å². The van der Waals surface area contributed by atoms with Crippen molar-refractivity contribution < 1.29 is 9.36 Å². The molecule has 0 bridgehead atoms. The second-order valence-corrected chi connectivity index (χ2v) is 11.8. The smallest absolute Gasteiger partial charge is 0.241 e. The van der Waals surface area contributed by atoms with Gasteiger partial charge >= 0.3 is 0 Å². The van der Waals surface area contributed by atoms with Crippen LogP contribution in [0.5, 0.6) is 0 Å². The van der Waals surface area contributed by atoms with Gasteiger partial charge in [0.25, 0.3) is 0 Å². The largest absolute Gasteiger partial charge is 0.343 e. The average Bonchev–Trinajstić information content (AvgIpc) is 2.93. The van der Waals surface area contributed by atoms with Crippen molar-refractivity contribution in [1.29, 1.82) is 5.26 Å². The fourth-order valence-corrected chi connectivity index (χ4v) is 4.81. The van der Waals surface area contributed by atoms with Gasteiger partial charge in [0.2, 0.25) is 5.95 Å². The summed E-state index contributed by atoms with van der Waals surface area (Å²) in [5.74, 6) is 0.601. The number of hydrogen-bond donors (Lipinski definition) is 1. The Morgan fingerprint density at radius 3 is 2.62 bits per heavy atom. The number of nitrogens with one attached hydrogen (secondary N) is 1. The van der Waals surface area contributed by atoms with Gasteiger partial charge in [0.1, 0.15) is 18.9 Å². The Morgan fingerprint density at radius 2 is 2.07 bits per heavy atom. The molecule has 3 rings (SSSR count). The first-order valence-corrected chi connectivity index (χ1v) is 12.5. The van der Waals surface area contributed by atoms with Crippen LogP contribution in [0.3, 0.4) is 0 Å². The first kappa shape index (κ1) is 21.8. The molecule has 3 heterocycles. The summed E-state index contributed by atoms with van der Waals surface area (Å²) < 4.78 is 15.6. The molecule has 8 nitrogen and oxygen atoms in total. The lowest BCUT2D eigenvalue weighted by molar-refractivity contribution is -0.121. The lowest BCUT2D eigenvalue weighted by Crippen LogP contribution is -2.45. The molecule has 2 atom stereocenters. The topological polar surface area (TPSA) is 103 Å². The van der Waals surface area contributed by atoms with Gasteiger partial charge in [-0.05, 0) is 12.3 Å². The molecule has 1 saturated heterocycles. The number of hydrogen-bond acceptors (Lipinski definition) is 6. The van der Waals surface area contributed by atoms with Crippen molar-refractivity contribution in [3.63, 3.8) is 0 Å². The van der Waals surface area contributed by atoms with Crippen molar-refractivity contribution >= 4 is 36.1 Å². The monoisotopic (exact) mass is 436 g/mol. The molecule has 156 valence electrons. The van der Waals surface area contributed by atoms with Gasteiger partial charge in [0.05, 0.1) is 35.1 Å². The molecular weight excluding hydrogens is 411 g/mol. The van der Waals surface area contributed by atoms with E-state index in [2.05, 4.69) is 35.3 Å². The predicted octanol–water partition coefficient (Wildman–Crippen LogP) is 3.61. The number of carbonyl (C=O) groups is 1. The van der Waals surface area contributed by atoms with E-state index in [1.54, 1.807) is 28.7 Å². The van der Waals surface area contributed by atoms with Gasteiger partial charge in [0.15, 0.2) is 5.78 Å². The SMILES string of the molecule is CC(C)C(C)c1c(C#N)c(Cl)c2cnc(N[C@@H]3CCN(P(C)(C)=O)CC3=O)nn12. The highest BCUT2D eigenvalue weighted by molar-refractivity contribution is 7.59. The Hall–Kier alpha value is -1.94. The van der Waals surface area contributed by atoms with Crippen LogP contribution in [0.4, 0.5) is 5.95 Å². The Labute approximate surface area is 175 Å². The van der Waals surface area contributed by atoms with Crippen molar-refractivity contribution in [2.45, 2.75) is 39.2 Å². The maximum atomic E-state index is 12.5. The van der Waals surface area contributed by atoms with Crippen molar-refractivity contribution in [3.05, 3.63) is 22.5 Å². The quantitative estimate of drug-likeness (QED) is 0.714. The molecule has 2 aromatic heterocycles. The maximum absolute atomic E-state index is 12.5. The van der Waals surface area contributed by atoms with E-state index in [0.29, 0.717) is 35.0 Å². The number of piperidine rings is 1. The molecule has 2 aromatic rings. The average molecular weight is 437 g/mol. The molecule has 0 amide bonds. The minimum Gasteiger partial charge on any atom is -0.343 e. The van der Waals surface area contributed by atoms with E-state index in [-0.39, 0.29) is 24.2 Å². The van der Waals surface area contributed by atoms with Crippen molar-refractivity contribution in [2.24, 2.45) is 5.92 Å². The highest BCUT2D eigenvalue weighted by Crippen LogP contribution is 2.42. The number of fused-ring (bicyclic) bond motifs is 1. The number of halogens is 1. The summed E-state index contributed by atoms with van der Waals surface area (Å²) in [6.45, 7) is 10.2. The molecule has 0 saturated carbocycles. The van der Waals surface area contributed by atoms with Gasteiger partial charge in [-0.2, -0.15) is 5.26 Å². The number of nitrogens with zero attached hydrogens (tertiary/aromatic N) is 5. The van der Waals surface area contributed by atoms with Crippen LogP contribution in [0.2, 0.25) is 5.02 Å². The number of Topliss-reactive ketones (excluding diaryl/α,β-unsaturated/α-hetero) is 1. The molecule has 1 unspecified atom stereocenters. The minimum atomic E-state index is -2.45. The summed E-state index contributed by atoms with van der Waals surface area (Å²) in [6, 6.07) is 1.75. The minimum absolute atomic E-state index is 0.0390. The first-order chi connectivity index (χ1) is 13.5. The summed E-state index contributed by atoms with van der Waals surface area (Å²) in [6.07, 6.45) is 2.10. The van der Waals surface area contributed by atoms with Gasteiger partial charge in [0, 0.05) is 25.8 Å². The van der Waals surface area contributed by atoms with Crippen LogP contribution < -0.4 is 5.32 Å². The molecule has 0 aromatic carbocycles. The zero-order valence-electron chi connectivity index (χ0n) is 17.3. The van der Waals surface area contributed by atoms with Crippen LogP contribution in [-0.4, -0.2) is 57.5 Å². The van der Waals surface area contributed by atoms with Gasteiger partial charge in [-0.3, -0.25) is 4.79 Å². The molecule has 10 heteroatoms. The predicted molar refractivity (Wildman–Crippen MR) is 114 cm³/mol. The third-order valence-corrected chi connectivity index (χ3v) is 7.68. The van der Waals surface area contributed by atoms with Gasteiger partial charge < -0.3 is 9.88 Å². The number of rotatable bonds is 5. The Kier molecular flexibility index (Phi) is 6.05. The second kappa shape index (κ2) is 8.06. The summed E-state index contributed by atoms with van der Waals surface area (Å²) >= 11 is 6.41. The lowest BCUT2D eigenvalue weighted by Gasteiger charge is -2.33. The number of ketones is 1. The van der Waals surface area contributed by atoms with Crippen LogP contribution in [0.15, 0.2) is 6.20 Å². The number of nitriles is 1. The zero-order chi connectivity index (χ0) is 21.5. The maximum Gasteiger partial charge on any atom is 0.241 e. The lowest BCUT2D eigenvalue weighted by atomic mass is 9.93. The molecule has 1 aliphatic heterocycles. The summed E-state index contributed by atoms with van der Waals surface area (Å²) in [5.41, 5.74) is 1.72. The van der Waals surface area contributed by atoms with E-state index in [4.69, 9.17) is 11.6 Å². The van der Waals surface area contributed by atoms with E-state index < -0.39 is 13.3 Å². The standard InChI is InChI=1S/C19H26ClN6O2P/c1-11(2)12(3)18-13(8-21)17(20)15-9-22-19(24-26(15)18)23-14-6-7-25(10-16(14)27)29(4,5)28/h9,11-12,14H,6-7,10H2,1-5H3,(H,23,24)/t12?,14-/m1/s1. The van der Waals surface area contributed by atoms with Crippen LogP contribution in [-0.2, 0) is 9.36 Å². The fraction of sp³-hybridized carbons (Fsp3) is 0.579. The van der Waals surface area contributed by atoms with Crippen molar-refractivity contribution in [2.75, 3.05) is 31.7 Å². The fourth-order valence-electron chi connectivity index (χ4n) is 3.47. The van der Waals surface area contributed by atoms with E-state index in [9.17, 15) is 14.6 Å². The molecule has 0 aliphatic carbocycles. The van der Waals surface area contributed by atoms with Crippen molar-refractivity contribution in [1.82, 2.24) is 19.3 Å². The van der Waals surface area contributed by atoms with E-state index in [1.165, 1.54) is 0 Å². The first-order valence-electron chi connectivity index (χ1n) is 9.61. The van der Waals surface area contributed by atoms with E-state index in [0.717, 1.165) is 5.69 Å². The van der Waals surface area contributed by atoms with Crippen LogP contribution in [0, 0.1) is 17.2 Å². The number of anilines is 1. The summed E-state index contributed by atoms with van der Waals surface area (Å²) in [7, 11) is -2.45. The number of carbonyl (C=O) groups excluding carboxylic acids is 1. The molecule has 1 aliphatic rings. The normalized spacial score (nSPS) is 19.5. The Balaban J connectivity index is 1.92. The van der Waals surface area contributed by atoms with Crippen LogP contribution in [0.25, 0.3) is 5.52 Å². The highest BCUT2D eigenvalue weighted by Gasteiger charge is 2.33. The van der Waals surface area contributed by atoms with E-state index in [1.807, 2.05) is 6.92 Å². The molecule has 1 fully saturated rings. The van der Waals surface area contributed by atoms with E-state index >= 15 is 0 Å². The summed E-state index contributed by atoms with van der Waals surface area (Å²) in [5, 5.41) is 17.6. The molecular formula is C19H26ClN6O2P. The van der Waals surface area contributed by atoms with Gasteiger partial charge in [-0.25, -0.2) is 14.2 Å². The number of aromatic nitrogens is 3. The van der Waals surface area contributed by atoms with Crippen LogP contribution in [0.1, 0.15) is 44.4 Å². The third-order valence-electron chi connectivity index (χ3n) is 5.59. The molecule has 1 N–H and O–H groups in total. The van der Waals surface area contributed by atoms with Gasteiger partial charge in [-0.15, -0.1) is 5.10 Å². The van der Waals surface area contributed by atoms with Crippen molar-refractivity contribution in [3.8, 4) is 6.07 Å². The molecule has 0 spiro atoms. The van der Waals surface area contributed by atoms with Crippen LogP contribution >= 0.6 is 18.9 Å². The molecule has 0 radical (unpaired) electrons. The highest BCUT2D eigenvalue weighted by atomic mass is 35.5. The Morgan fingerprint density at radius 1 is 1.38 bits per heavy atom. The Bertz CT molecular complexity index is 1040.